The molecular weight excluding hydrogens is 446 g/mol. The van der Waals surface area contributed by atoms with Gasteiger partial charge in [-0.3, -0.25) is 14.5 Å². The van der Waals surface area contributed by atoms with Crippen molar-refractivity contribution in [3.05, 3.63) is 86.1 Å². The molecular formula is C25H22ClNO4S. The first-order chi connectivity index (χ1) is 15.3. The molecule has 164 valence electrons. The van der Waals surface area contributed by atoms with Crippen LogP contribution in [0.15, 0.2) is 59.5 Å². The highest BCUT2D eigenvalue weighted by Gasteiger charge is 2.47. The smallest absolute Gasteiger partial charge is 0.300 e. The number of Topliss-reactive ketones (excluding diaryl/α,β-unsaturated/α-hetero) is 1. The number of aryl methyl sites for hydroxylation is 2. The van der Waals surface area contributed by atoms with Crippen LogP contribution in [-0.2, 0) is 9.59 Å². The molecule has 2 heterocycles. The first-order valence-corrected chi connectivity index (χ1v) is 11.4. The maximum Gasteiger partial charge on any atom is 0.300 e. The Morgan fingerprint density at radius 1 is 1.12 bits per heavy atom. The van der Waals surface area contributed by atoms with E-state index in [2.05, 4.69) is 0 Å². The number of aliphatic hydroxyl groups excluding tert-OH is 1. The number of carbonyl (C=O) groups excluding carboxylic acids is 2. The van der Waals surface area contributed by atoms with E-state index in [0.29, 0.717) is 18.0 Å². The number of ether oxygens (including phenoxy) is 1. The summed E-state index contributed by atoms with van der Waals surface area (Å²) in [5.41, 5.74) is 2.93. The van der Waals surface area contributed by atoms with Crippen molar-refractivity contribution < 1.29 is 19.4 Å². The van der Waals surface area contributed by atoms with Crippen LogP contribution in [0.1, 0.15) is 34.5 Å². The van der Waals surface area contributed by atoms with Crippen LogP contribution >= 0.6 is 22.9 Å². The quantitative estimate of drug-likeness (QED) is 0.282. The molecule has 7 heteroatoms. The first-order valence-electron chi connectivity index (χ1n) is 10.2. The highest BCUT2D eigenvalue weighted by molar-refractivity contribution is 7.10. The Hall–Kier alpha value is -3.09. The second-order valence-electron chi connectivity index (χ2n) is 7.53. The van der Waals surface area contributed by atoms with Gasteiger partial charge in [0.25, 0.3) is 11.7 Å². The Kier molecular flexibility index (Phi) is 6.09. The Morgan fingerprint density at radius 2 is 1.91 bits per heavy atom. The Bertz CT molecular complexity index is 1230. The molecule has 1 aliphatic rings. The molecule has 5 nitrogen and oxygen atoms in total. The van der Waals surface area contributed by atoms with Gasteiger partial charge in [-0.05, 0) is 73.7 Å². The molecule has 1 aliphatic heterocycles. The van der Waals surface area contributed by atoms with E-state index in [-0.39, 0.29) is 21.9 Å². The maximum atomic E-state index is 13.2. The molecule has 1 atom stereocenters. The van der Waals surface area contributed by atoms with Crippen LogP contribution in [-0.4, -0.2) is 23.4 Å². The van der Waals surface area contributed by atoms with Gasteiger partial charge in [-0.15, -0.1) is 11.3 Å². The zero-order valence-electron chi connectivity index (χ0n) is 17.9. The number of amides is 1. The molecule has 1 fully saturated rings. The molecule has 0 saturated carbocycles. The molecule has 1 aromatic heterocycles. The normalized spacial score (nSPS) is 17.8. The summed E-state index contributed by atoms with van der Waals surface area (Å²) in [4.78, 5) is 28.6. The molecule has 1 N–H and O–H groups in total. The number of ketones is 1. The molecule has 4 rings (SSSR count). The summed E-state index contributed by atoms with van der Waals surface area (Å²) in [5, 5.41) is 13.4. The zero-order valence-corrected chi connectivity index (χ0v) is 19.5. The Labute approximate surface area is 195 Å². The van der Waals surface area contributed by atoms with Gasteiger partial charge in [0.2, 0.25) is 0 Å². The van der Waals surface area contributed by atoms with Crippen LogP contribution in [0.5, 0.6) is 5.75 Å². The zero-order chi connectivity index (χ0) is 23.0. The predicted molar refractivity (Wildman–Crippen MR) is 128 cm³/mol. The van der Waals surface area contributed by atoms with E-state index in [1.54, 1.807) is 18.2 Å². The van der Waals surface area contributed by atoms with E-state index in [1.165, 1.54) is 16.2 Å². The number of carbonyl (C=O) groups is 2. The Balaban J connectivity index is 1.93. The van der Waals surface area contributed by atoms with Gasteiger partial charge in [0, 0.05) is 16.1 Å². The van der Waals surface area contributed by atoms with E-state index in [4.69, 9.17) is 16.3 Å². The predicted octanol–water partition coefficient (Wildman–Crippen LogP) is 6.04. The summed E-state index contributed by atoms with van der Waals surface area (Å²) in [6.45, 7) is 6.22. The minimum absolute atomic E-state index is 0.00577. The second-order valence-corrected chi connectivity index (χ2v) is 8.91. The van der Waals surface area contributed by atoms with Gasteiger partial charge in [0.1, 0.15) is 17.6 Å². The van der Waals surface area contributed by atoms with Crippen LogP contribution in [0.25, 0.3) is 5.76 Å². The lowest BCUT2D eigenvalue weighted by Crippen LogP contribution is -2.29. The number of thiophene rings is 1. The summed E-state index contributed by atoms with van der Waals surface area (Å²) < 4.78 is 5.52. The van der Waals surface area contributed by atoms with Crippen molar-refractivity contribution in [2.24, 2.45) is 0 Å². The van der Waals surface area contributed by atoms with E-state index in [9.17, 15) is 14.7 Å². The lowest BCUT2D eigenvalue weighted by molar-refractivity contribution is -0.132. The third kappa shape index (κ3) is 3.80. The molecule has 32 heavy (non-hydrogen) atoms. The molecule has 0 spiro atoms. The number of benzene rings is 2. The summed E-state index contributed by atoms with van der Waals surface area (Å²) in [6, 6.07) is 13.4. The van der Waals surface area contributed by atoms with Crippen molar-refractivity contribution >= 4 is 46.1 Å². The van der Waals surface area contributed by atoms with Gasteiger partial charge in [-0.25, -0.2) is 0 Å². The SMILES string of the molecule is CCOc1ccc(Cl)c(/C(O)=C2/C(=O)C(=O)N(c3ccc(C)c(C)c3)C2c2cccs2)c1. The van der Waals surface area contributed by atoms with Gasteiger partial charge >= 0.3 is 0 Å². The molecule has 0 aliphatic carbocycles. The number of halogens is 1. The van der Waals surface area contributed by atoms with Crippen LogP contribution in [0.4, 0.5) is 5.69 Å². The van der Waals surface area contributed by atoms with Crippen molar-refractivity contribution in [3.8, 4) is 5.75 Å². The van der Waals surface area contributed by atoms with Crippen molar-refractivity contribution in [2.45, 2.75) is 26.8 Å². The van der Waals surface area contributed by atoms with E-state index in [0.717, 1.165) is 16.0 Å². The van der Waals surface area contributed by atoms with Gasteiger partial charge in [-0.1, -0.05) is 23.7 Å². The molecule has 3 aromatic rings. The summed E-state index contributed by atoms with van der Waals surface area (Å²) in [6.07, 6.45) is 0. The van der Waals surface area contributed by atoms with Crippen LogP contribution in [0.2, 0.25) is 5.02 Å². The fraction of sp³-hybridized carbons (Fsp3) is 0.200. The second kappa shape index (κ2) is 8.81. The minimum Gasteiger partial charge on any atom is -0.507 e. The van der Waals surface area contributed by atoms with Crippen LogP contribution < -0.4 is 9.64 Å². The number of aliphatic hydroxyl groups is 1. The molecule has 2 aromatic carbocycles. The Morgan fingerprint density at radius 3 is 2.56 bits per heavy atom. The van der Waals surface area contributed by atoms with Gasteiger partial charge < -0.3 is 9.84 Å². The molecule has 1 saturated heterocycles. The summed E-state index contributed by atoms with van der Waals surface area (Å²) >= 11 is 7.77. The van der Waals surface area contributed by atoms with Crippen molar-refractivity contribution in [2.75, 3.05) is 11.5 Å². The standard InChI is InChI=1S/C25H22ClNO4S/c1-4-31-17-9-10-19(26)18(13-17)23(28)21-22(20-6-5-11-32-20)27(25(30)24(21)29)16-8-7-14(2)15(3)12-16/h5-13,22,28H,4H2,1-3H3/b23-21-. The number of anilines is 1. The van der Waals surface area contributed by atoms with Crippen molar-refractivity contribution in [1.82, 2.24) is 0 Å². The fourth-order valence-corrected chi connectivity index (χ4v) is 4.81. The highest BCUT2D eigenvalue weighted by atomic mass is 35.5. The lowest BCUT2D eigenvalue weighted by atomic mass is 9.99. The molecule has 0 radical (unpaired) electrons. The summed E-state index contributed by atoms with van der Waals surface area (Å²) in [7, 11) is 0. The van der Waals surface area contributed by atoms with E-state index in [1.807, 2.05) is 56.5 Å². The van der Waals surface area contributed by atoms with E-state index < -0.39 is 17.7 Å². The highest BCUT2D eigenvalue weighted by Crippen LogP contribution is 2.44. The third-order valence-electron chi connectivity index (χ3n) is 5.53. The fourth-order valence-electron chi connectivity index (χ4n) is 3.78. The number of hydrogen-bond donors (Lipinski definition) is 1. The van der Waals surface area contributed by atoms with Crippen LogP contribution in [0, 0.1) is 13.8 Å². The molecule has 1 amide bonds. The number of hydrogen-bond acceptors (Lipinski definition) is 5. The third-order valence-corrected chi connectivity index (χ3v) is 6.78. The molecule has 0 bridgehead atoms. The average molecular weight is 468 g/mol. The van der Waals surface area contributed by atoms with Gasteiger partial charge in [0.15, 0.2) is 0 Å². The maximum absolute atomic E-state index is 13.2. The molecule has 1 unspecified atom stereocenters. The number of nitrogens with zero attached hydrogens (tertiary/aromatic N) is 1. The average Bonchev–Trinajstić information content (AvgIpc) is 3.38. The van der Waals surface area contributed by atoms with Crippen molar-refractivity contribution in [1.29, 1.82) is 0 Å². The number of rotatable bonds is 5. The first kappa shape index (κ1) is 22.1. The van der Waals surface area contributed by atoms with Crippen molar-refractivity contribution in [3.63, 3.8) is 0 Å². The summed E-state index contributed by atoms with van der Waals surface area (Å²) in [5.74, 6) is -1.25. The topological polar surface area (TPSA) is 66.8 Å². The van der Waals surface area contributed by atoms with Crippen LogP contribution in [0.3, 0.4) is 0 Å². The lowest BCUT2D eigenvalue weighted by Gasteiger charge is -2.25. The minimum atomic E-state index is -0.760. The monoisotopic (exact) mass is 467 g/mol. The van der Waals surface area contributed by atoms with E-state index >= 15 is 0 Å². The largest absolute Gasteiger partial charge is 0.507 e. The van der Waals surface area contributed by atoms with Gasteiger partial charge in [0.05, 0.1) is 17.2 Å². The van der Waals surface area contributed by atoms with Gasteiger partial charge in [-0.2, -0.15) is 0 Å².